The molecule has 0 aliphatic heterocycles. The summed E-state index contributed by atoms with van der Waals surface area (Å²) in [5.41, 5.74) is 4.38. The maximum absolute atomic E-state index is 5.92. The first-order valence-electron chi connectivity index (χ1n) is 6.68. The molecule has 2 aromatic carbocycles. The van der Waals surface area contributed by atoms with Crippen molar-refractivity contribution in [2.24, 2.45) is 0 Å². The van der Waals surface area contributed by atoms with Crippen molar-refractivity contribution in [3.8, 4) is 0 Å². The highest BCUT2D eigenvalue weighted by molar-refractivity contribution is 6.30. The Hall–Kier alpha value is -1.31. The molecule has 19 heavy (non-hydrogen) atoms. The maximum Gasteiger partial charge on any atom is 0.0406 e. The summed E-state index contributed by atoms with van der Waals surface area (Å²) in [6, 6.07) is 17.0. The lowest BCUT2D eigenvalue weighted by Gasteiger charge is -2.11. The molecule has 2 heteroatoms. The van der Waals surface area contributed by atoms with E-state index in [1.54, 1.807) is 0 Å². The van der Waals surface area contributed by atoms with Crippen LogP contribution < -0.4 is 5.32 Å². The Kier molecular flexibility index (Phi) is 5.00. The molecule has 0 spiro atoms. The van der Waals surface area contributed by atoms with Crippen molar-refractivity contribution in [2.45, 2.75) is 18.8 Å². The fourth-order valence-electron chi connectivity index (χ4n) is 2.60. The minimum atomic E-state index is 0.563. The Labute approximate surface area is 120 Å². The molecule has 1 unspecified atom stereocenters. The third-order valence-electron chi connectivity index (χ3n) is 3.41. The van der Waals surface area contributed by atoms with Gasteiger partial charge in [0.2, 0.25) is 0 Å². The molecular weight excluding hydrogens is 254 g/mol. The van der Waals surface area contributed by atoms with Gasteiger partial charge in [-0.15, -0.1) is 0 Å². The molecule has 0 saturated heterocycles. The number of aryl methyl sites for hydroxylation is 1. The van der Waals surface area contributed by atoms with Crippen molar-refractivity contribution in [1.29, 1.82) is 0 Å². The summed E-state index contributed by atoms with van der Waals surface area (Å²) >= 11 is 5.92. The quantitative estimate of drug-likeness (QED) is 0.819. The first-order chi connectivity index (χ1) is 9.26. The molecule has 0 bridgehead atoms. The zero-order chi connectivity index (χ0) is 13.7. The van der Waals surface area contributed by atoms with Gasteiger partial charge >= 0.3 is 0 Å². The number of rotatable bonds is 1. The largest absolute Gasteiger partial charge is 0.323 e. The van der Waals surface area contributed by atoms with E-state index in [0.717, 1.165) is 5.02 Å². The second-order valence-corrected chi connectivity index (χ2v) is 5.28. The van der Waals surface area contributed by atoms with Crippen molar-refractivity contribution in [3.05, 3.63) is 70.2 Å². The smallest absolute Gasteiger partial charge is 0.0406 e. The zero-order valence-corrected chi connectivity index (χ0v) is 12.2. The van der Waals surface area contributed by atoms with Crippen LogP contribution in [-0.4, -0.2) is 14.1 Å². The Bertz CT molecular complexity index is 519. The van der Waals surface area contributed by atoms with E-state index in [1.165, 1.54) is 29.5 Å². The number of halogens is 1. The second kappa shape index (κ2) is 6.74. The predicted octanol–water partition coefficient (Wildman–Crippen LogP) is 4.25. The van der Waals surface area contributed by atoms with Crippen LogP contribution in [0.2, 0.25) is 5.02 Å². The molecule has 0 radical (unpaired) electrons. The van der Waals surface area contributed by atoms with Crippen LogP contribution in [0.25, 0.3) is 0 Å². The summed E-state index contributed by atoms with van der Waals surface area (Å²) in [6.45, 7) is 0. The van der Waals surface area contributed by atoms with Crippen molar-refractivity contribution in [1.82, 2.24) is 5.32 Å². The highest BCUT2D eigenvalue weighted by Crippen LogP contribution is 2.37. The van der Waals surface area contributed by atoms with Gasteiger partial charge in [-0.05, 0) is 55.8 Å². The van der Waals surface area contributed by atoms with Crippen LogP contribution in [0.5, 0.6) is 0 Å². The van der Waals surface area contributed by atoms with Crippen molar-refractivity contribution in [2.75, 3.05) is 14.1 Å². The fourth-order valence-corrected chi connectivity index (χ4v) is 2.72. The van der Waals surface area contributed by atoms with E-state index in [0.29, 0.717) is 5.92 Å². The summed E-state index contributed by atoms with van der Waals surface area (Å²) in [5, 5.41) is 3.56. The monoisotopic (exact) mass is 273 g/mol. The van der Waals surface area contributed by atoms with Crippen molar-refractivity contribution < 1.29 is 0 Å². The molecule has 1 atom stereocenters. The average Bonchev–Trinajstić information content (AvgIpc) is 2.85. The first-order valence-corrected chi connectivity index (χ1v) is 7.05. The average molecular weight is 274 g/mol. The lowest BCUT2D eigenvalue weighted by Crippen LogP contribution is -1.95. The lowest BCUT2D eigenvalue weighted by molar-refractivity contribution is 0.788. The van der Waals surface area contributed by atoms with E-state index >= 15 is 0 Å². The Morgan fingerprint density at radius 3 is 2.32 bits per heavy atom. The number of hydrogen-bond donors (Lipinski definition) is 1. The molecule has 100 valence electrons. The summed E-state index contributed by atoms with van der Waals surface area (Å²) in [6.07, 6.45) is 2.42. The third kappa shape index (κ3) is 3.37. The maximum atomic E-state index is 5.92. The van der Waals surface area contributed by atoms with Gasteiger partial charge in [-0.3, -0.25) is 0 Å². The van der Waals surface area contributed by atoms with Gasteiger partial charge in [-0.25, -0.2) is 0 Å². The molecule has 1 aliphatic rings. The van der Waals surface area contributed by atoms with E-state index in [1.807, 2.05) is 26.2 Å². The molecule has 3 rings (SSSR count). The van der Waals surface area contributed by atoms with Gasteiger partial charge in [0.05, 0.1) is 0 Å². The summed E-state index contributed by atoms with van der Waals surface area (Å²) in [5.74, 6) is 0.563. The molecule has 1 aliphatic carbocycles. The van der Waals surface area contributed by atoms with Crippen LogP contribution in [0.1, 0.15) is 29.0 Å². The molecular formula is C17H20ClN. The van der Waals surface area contributed by atoms with E-state index in [9.17, 15) is 0 Å². The highest BCUT2D eigenvalue weighted by atomic mass is 35.5. The van der Waals surface area contributed by atoms with Crippen LogP contribution in [0.15, 0.2) is 48.5 Å². The van der Waals surface area contributed by atoms with Gasteiger partial charge in [0.25, 0.3) is 0 Å². The van der Waals surface area contributed by atoms with Crippen molar-refractivity contribution in [3.63, 3.8) is 0 Å². The fraction of sp³-hybridized carbons (Fsp3) is 0.294. The topological polar surface area (TPSA) is 12.0 Å². The molecule has 1 N–H and O–H groups in total. The highest BCUT2D eigenvalue weighted by Gasteiger charge is 2.22. The predicted molar refractivity (Wildman–Crippen MR) is 83.0 cm³/mol. The molecule has 0 aromatic heterocycles. The van der Waals surface area contributed by atoms with Crippen molar-refractivity contribution >= 4 is 11.6 Å². The van der Waals surface area contributed by atoms with Gasteiger partial charge in [0, 0.05) is 10.9 Å². The summed E-state index contributed by atoms with van der Waals surface area (Å²) in [4.78, 5) is 0. The van der Waals surface area contributed by atoms with Crippen LogP contribution in [0.4, 0.5) is 0 Å². The minimum Gasteiger partial charge on any atom is -0.323 e. The Morgan fingerprint density at radius 1 is 1.00 bits per heavy atom. The summed E-state index contributed by atoms with van der Waals surface area (Å²) < 4.78 is 0. The standard InChI is InChI=1S/C15H13Cl.C2H7N/c16-13-8-5-12(6-9-13)15-10-7-11-3-1-2-4-14(11)15;1-3-2/h1-6,8-9,15H,7,10H2;3H,1-2H3. The first kappa shape index (κ1) is 14.1. The number of nitrogens with one attached hydrogen (secondary N) is 1. The zero-order valence-electron chi connectivity index (χ0n) is 11.5. The normalized spacial score (nSPS) is 16.5. The SMILES string of the molecule is CNC.Clc1ccc(C2CCc3ccccc32)cc1. The van der Waals surface area contributed by atoms with Crippen LogP contribution in [0, 0.1) is 0 Å². The van der Waals surface area contributed by atoms with Gasteiger partial charge in [0.15, 0.2) is 0 Å². The van der Waals surface area contributed by atoms with E-state index < -0.39 is 0 Å². The van der Waals surface area contributed by atoms with E-state index in [-0.39, 0.29) is 0 Å². The molecule has 0 amide bonds. The number of fused-ring (bicyclic) bond motifs is 1. The van der Waals surface area contributed by atoms with Crippen LogP contribution >= 0.6 is 11.6 Å². The Morgan fingerprint density at radius 2 is 1.63 bits per heavy atom. The van der Waals surface area contributed by atoms with E-state index in [4.69, 9.17) is 11.6 Å². The van der Waals surface area contributed by atoms with Gasteiger partial charge in [-0.1, -0.05) is 48.0 Å². The molecule has 0 heterocycles. The molecule has 0 saturated carbocycles. The van der Waals surface area contributed by atoms with Gasteiger partial charge in [0.1, 0.15) is 0 Å². The van der Waals surface area contributed by atoms with Gasteiger partial charge in [-0.2, -0.15) is 0 Å². The number of hydrogen-bond acceptors (Lipinski definition) is 1. The van der Waals surface area contributed by atoms with Crippen LogP contribution in [0.3, 0.4) is 0 Å². The van der Waals surface area contributed by atoms with Crippen LogP contribution in [-0.2, 0) is 6.42 Å². The minimum absolute atomic E-state index is 0.563. The molecule has 0 fully saturated rings. The lowest BCUT2D eigenvalue weighted by atomic mass is 9.93. The number of benzene rings is 2. The summed E-state index contributed by atoms with van der Waals surface area (Å²) in [7, 11) is 3.75. The van der Waals surface area contributed by atoms with Gasteiger partial charge < -0.3 is 5.32 Å². The molecule has 1 nitrogen and oxygen atoms in total. The molecule has 2 aromatic rings. The van der Waals surface area contributed by atoms with E-state index in [2.05, 4.69) is 41.7 Å². The Balaban J connectivity index is 0.000000408. The third-order valence-corrected chi connectivity index (χ3v) is 3.66. The second-order valence-electron chi connectivity index (χ2n) is 4.84.